The first-order chi connectivity index (χ1) is 8.16. The van der Waals surface area contributed by atoms with Crippen molar-refractivity contribution in [1.82, 2.24) is 10.6 Å². The fraction of sp³-hybridized carbons (Fsp3) is 0.333. The molecule has 0 aromatic heterocycles. The van der Waals surface area contributed by atoms with Crippen LogP contribution in [0.1, 0.15) is 6.92 Å². The molecule has 0 aliphatic carbocycles. The van der Waals surface area contributed by atoms with Crippen LogP contribution < -0.4 is 15.4 Å². The van der Waals surface area contributed by atoms with E-state index in [4.69, 9.17) is 4.74 Å². The van der Waals surface area contributed by atoms with Crippen molar-refractivity contribution in [2.75, 3.05) is 6.61 Å². The van der Waals surface area contributed by atoms with Gasteiger partial charge in [0.15, 0.2) is 6.61 Å². The zero-order valence-corrected chi connectivity index (χ0v) is 9.47. The molecule has 0 radical (unpaired) electrons. The Labute approximate surface area is 99.2 Å². The highest BCUT2D eigenvalue weighted by atomic mass is 16.5. The predicted molar refractivity (Wildman–Crippen MR) is 61.5 cm³/mol. The van der Waals surface area contributed by atoms with E-state index in [0.717, 1.165) is 0 Å². The first-order valence-corrected chi connectivity index (χ1v) is 5.44. The van der Waals surface area contributed by atoms with Crippen LogP contribution in [0, 0.1) is 0 Å². The molecule has 5 nitrogen and oxygen atoms in total. The lowest BCUT2D eigenvalue weighted by atomic mass is 10.0. The molecule has 1 heterocycles. The van der Waals surface area contributed by atoms with Crippen molar-refractivity contribution in [2.24, 2.45) is 0 Å². The van der Waals surface area contributed by atoms with Crippen LogP contribution >= 0.6 is 0 Å². The highest BCUT2D eigenvalue weighted by Crippen LogP contribution is 2.08. The number of ether oxygens (including phenoxy) is 1. The molecule has 17 heavy (non-hydrogen) atoms. The zero-order valence-electron chi connectivity index (χ0n) is 9.47. The maximum absolute atomic E-state index is 11.5. The van der Waals surface area contributed by atoms with Crippen molar-refractivity contribution in [3.8, 4) is 5.75 Å². The molecule has 0 spiro atoms. The van der Waals surface area contributed by atoms with E-state index in [1.165, 1.54) is 0 Å². The molecular formula is C12H14N2O3. The first-order valence-electron chi connectivity index (χ1n) is 5.44. The summed E-state index contributed by atoms with van der Waals surface area (Å²) in [6.07, 6.45) is 0. The summed E-state index contributed by atoms with van der Waals surface area (Å²) in [5, 5.41) is 5.25. The second kappa shape index (κ2) is 4.86. The Bertz CT molecular complexity index is 419. The van der Waals surface area contributed by atoms with Crippen molar-refractivity contribution in [3.05, 3.63) is 30.3 Å². The highest BCUT2D eigenvalue weighted by molar-refractivity contribution is 5.93. The average Bonchev–Trinajstić information content (AvgIpc) is 2.35. The van der Waals surface area contributed by atoms with Crippen molar-refractivity contribution in [2.45, 2.75) is 19.0 Å². The molecule has 0 bridgehead atoms. The molecule has 1 aliphatic heterocycles. The number of carbonyl (C=O) groups is 2. The lowest BCUT2D eigenvalue weighted by molar-refractivity contribution is -0.136. The zero-order chi connectivity index (χ0) is 12.3. The Balaban J connectivity index is 1.76. The van der Waals surface area contributed by atoms with E-state index < -0.39 is 6.04 Å². The van der Waals surface area contributed by atoms with Gasteiger partial charge in [-0.25, -0.2) is 0 Å². The Kier molecular flexibility index (Phi) is 3.27. The van der Waals surface area contributed by atoms with Gasteiger partial charge in [0, 0.05) is 0 Å². The fourth-order valence-electron chi connectivity index (χ4n) is 1.60. The van der Waals surface area contributed by atoms with Gasteiger partial charge in [-0.05, 0) is 19.1 Å². The number of hydrogen-bond donors (Lipinski definition) is 2. The normalized spacial score (nSPS) is 22.3. The number of amides is 2. The smallest absolute Gasteiger partial charge is 0.258 e. The topological polar surface area (TPSA) is 67.4 Å². The highest BCUT2D eigenvalue weighted by Gasteiger charge is 2.36. The number of hydrogen-bond acceptors (Lipinski definition) is 3. The third-order valence-corrected chi connectivity index (χ3v) is 2.58. The molecule has 0 saturated carbocycles. The molecule has 1 aliphatic rings. The standard InChI is InChI=1S/C12H14N2O3/c1-8-11(12(16)13-8)14-10(15)7-17-9-5-3-2-4-6-9/h2-6,8,11H,7H2,1H3,(H,13,16)(H,14,15)/t8-,11+/m0/s1. The van der Waals surface area contributed by atoms with Crippen molar-refractivity contribution < 1.29 is 14.3 Å². The minimum Gasteiger partial charge on any atom is -0.484 e. The summed E-state index contributed by atoms with van der Waals surface area (Å²) in [4.78, 5) is 22.6. The third kappa shape index (κ3) is 2.75. The minimum absolute atomic E-state index is 0.0109. The van der Waals surface area contributed by atoms with Crippen LogP contribution in [0.4, 0.5) is 0 Å². The van der Waals surface area contributed by atoms with Crippen molar-refractivity contribution in [3.63, 3.8) is 0 Å². The van der Waals surface area contributed by atoms with E-state index in [9.17, 15) is 9.59 Å². The number of carbonyl (C=O) groups excluding carboxylic acids is 2. The van der Waals surface area contributed by atoms with Gasteiger partial charge in [-0.1, -0.05) is 18.2 Å². The molecule has 2 atom stereocenters. The fourth-order valence-corrected chi connectivity index (χ4v) is 1.60. The summed E-state index contributed by atoms with van der Waals surface area (Å²) in [7, 11) is 0. The Morgan fingerprint density at radius 2 is 2.12 bits per heavy atom. The summed E-state index contributed by atoms with van der Waals surface area (Å²) in [5.74, 6) is 0.194. The largest absolute Gasteiger partial charge is 0.484 e. The number of rotatable bonds is 4. The monoisotopic (exact) mass is 234 g/mol. The van der Waals surface area contributed by atoms with Gasteiger partial charge in [-0.3, -0.25) is 9.59 Å². The quantitative estimate of drug-likeness (QED) is 0.724. The van der Waals surface area contributed by atoms with Gasteiger partial charge in [-0.2, -0.15) is 0 Å². The summed E-state index contributed by atoms with van der Waals surface area (Å²) < 4.78 is 5.26. The van der Waals surface area contributed by atoms with E-state index in [-0.39, 0.29) is 24.5 Å². The van der Waals surface area contributed by atoms with Gasteiger partial charge in [-0.15, -0.1) is 0 Å². The maximum atomic E-state index is 11.5. The third-order valence-electron chi connectivity index (χ3n) is 2.58. The van der Waals surface area contributed by atoms with E-state index in [1.807, 2.05) is 25.1 Å². The van der Waals surface area contributed by atoms with Crippen LogP contribution in [0.25, 0.3) is 0 Å². The Hall–Kier alpha value is -2.04. The van der Waals surface area contributed by atoms with E-state index in [1.54, 1.807) is 12.1 Å². The molecule has 1 aromatic rings. The van der Waals surface area contributed by atoms with Crippen LogP contribution in [0.2, 0.25) is 0 Å². The molecule has 2 N–H and O–H groups in total. The number of nitrogens with one attached hydrogen (secondary N) is 2. The summed E-state index contributed by atoms with van der Waals surface area (Å²) in [6, 6.07) is 8.62. The minimum atomic E-state index is -0.429. The molecule has 5 heteroatoms. The molecule has 1 fully saturated rings. The molecule has 90 valence electrons. The van der Waals surface area contributed by atoms with E-state index in [2.05, 4.69) is 10.6 Å². The SMILES string of the molecule is C[C@@H]1NC(=O)[C@@H]1NC(=O)COc1ccccc1. The van der Waals surface area contributed by atoms with Crippen LogP contribution in [0.5, 0.6) is 5.75 Å². The molecule has 2 amide bonds. The summed E-state index contributed by atoms with van der Waals surface area (Å²) >= 11 is 0. The number of β-lactam (4-membered cyclic amide) rings is 1. The van der Waals surface area contributed by atoms with E-state index in [0.29, 0.717) is 5.75 Å². The number of benzene rings is 1. The second-order valence-corrected chi connectivity index (χ2v) is 3.94. The van der Waals surface area contributed by atoms with E-state index >= 15 is 0 Å². The van der Waals surface area contributed by atoms with Gasteiger partial charge in [0.25, 0.3) is 5.91 Å². The summed E-state index contributed by atoms with van der Waals surface area (Å²) in [5.41, 5.74) is 0. The molecule has 1 aromatic carbocycles. The summed E-state index contributed by atoms with van der Waals surface area (Å²) in [6.45, 7) is 1.75. The second-order valence-electron chi connectivity index (χ2n) is 3.94. The molecular weight excluding hydrogens is 220 g/mol. The van der Waals surface area contributed by atoms with Gasteiger partial charge >= 0.3 is 0 Å². The van der Waals surface area contributed by atoms with Crippen LogP contribution in [-0.2, 0) is 9.59 Å². The molecule has 2 rings (SSSR count). The lowest BCUT2D eigenvalue weighted by Gasteiger charge is -2.34. The Morgan fingerprint density at radius 1 is 1.41 bits per heavy atom. The first kappa shape index (κ1) is 11.4. The maximum Gasteiger partial charge on any atom is 0.258 e. The van der Waals surface area contributed by atoms with Crippen LogP contribution in [0.15, 0.2) is 30.3 Å². The average molecular weight is 234 g/mol. The molecule has 1 saturated heterocycles. The van der Waals surface area contributed by atoms with Gasteiger partial charge < -0.3 is 15.4 Å². The predicted octanol–water partition coefficient (Wildman–Crippen LogP) is 0.0685. The van der Waals surface area contributed by atoms with Crippen LogP contribution in [-0.4, -0.2) is 30.5 Å². The lowest BCUT2D eigenvalue weighted by Crippen LogP contribution is -2.68. The van der Waals surface area contributed by atoms with Gasteiger partial charge in [0.1, 0.15) is 11.8 Å². The Morgan fingerprint density at radius 3 is 2.71 bits per heavy atom. The van der Waals surface area contributed by atoms with Crippen LogP contribution in [0.3, 0.4) is 0 Å². The number of para-hydroxylation sites is 1. The van der Waals surface area contributed by atoms with Crippen molar-refractivity contribution in [1.29, 1.82) is 0 Å². The van der Waals surface area contributed by atoms with Gasteiger partial charge in [0.05, 0.1) is 6.04 Å². The molecule has 0 unspecified atom stereocenters. The van der Waals surface area contributed by atoms with Crippen molar-refractivity contribution >= 4 is 11.8 Å². The van der Waals surface area contributed by atoms with Gasteiger partial charge in [0.2, 0.25) is 5.91 Å².